The van der Waals surface area contributed by atoms with Gasteiger partial charge in [-0.1, -0.05) is 13.0 Å². The number of esters is 1. The van der Waals surface area contributed by atoms with Crippen molar-refractivity contribution in [2.24, 2.45) is 0 Å². The summed E-state index contributed by atoms with van der Waals surface area (Å²) in [4.78, 5) is 13.5. The van der Waals surface area contributed by atoms with Crippen molar-refractivity contribution in [1.29, 1.82) is 0 Å². The van der Waals surface area contributed by atoms with Crippen LogP contribution in [0.1, 0.15) is 38.7 Å². The minimum atomic E-state index is -3.74. The first-order chi connectivity index (χ1) is 18.3. The van der Waals surface area contributed by atoms with Gasteiger partial charge in [0.2, 0.25) is 10.0 Å². The molecule has 0 radical (unpaired) electrons. The van der Waals surface area contributed by atoms with Crippen molar-refractivity contribution >= 4 is 26.9 Å². The second-order valence-corrected chi connectivity index (χ2v) is 11.4. The number of sulfonamides is 1. The highest BCUT2D eigenvalue weighted by atomic mass is 32.2. The molecule has 0 N–H and O–H groups in total. The Labute approximate surface area is 220 Å². The average molecular weight is 540 g/mol. The van der Waals surface area contributed by atoms with E-state index in [-0.39, 0.29) is 49.2 Å². The lowest BCUT2D eigenvalue weighted by Gasteiger charge is -2.39. The van der Waals surface area contributed by atoms with Crippen LogP contribution >= 0.6 is 0 Å². The average Bonchev–Trinajstić information content (AvgIpc) is 3.57. The van der Waals surface area contributed by atoms with Gasteiger partial charge < -0.3 is 4.74 Å². The topological polar surface area (TPSA) is 99.3 Å². The maximum Gasteiger partial charge on any atom is 0.316 e. The molecule has 1 aliphatic rings. The van der Waals surface area contributed by atoms with Crippen LogP contribution in [0.5, 0.6) is 0 Å². The normalized spacial score (nSPS) is 16.1. The number of benzene rings is 2. The lowest BCUT2D eigenvalue weighted by atomic mass is 9.73. The molecule has 5 rings (SSSR count). The quantitative estimate of drug-likeness (QED) is 0.313. The van der Waals surface area contributed by atoms with Crippen LogP contribution in [0.15, 0.2) is 66.0 Å². The predicted octanol–water partition coefficient (Wildman–Crippen LogP) is 4.06. The first kappa shape index (κ1) is 26.1. The zero-order chi connectivity index (χ0) is 26.9. The van der Waals surface area contributed by atoms with E-state index in [4.69, 9.17) is 4.74 Å². The summed E-state index contributed by atoms with van der Waals surface area (Å²) in [5.74, 6) is -0.690. The molecular weight excluding hydrogens is 509 g/mol. The fraction of sp³-hybridized carbons (Fsp3) is 0.370. The van der Waals surface area contributed by atoms with Crippen LogP contribution in [-0.4, -0.2) is 57.9 Å². The van der Waals surface area contributed by atoms with Crippen molar-refractivity contribution in [1.82, 2.24) is 23.9 Å². The minimum Gasteiger partial charge on any atom is -0.465 e. The first-order valence-electron chi connectivity index (χ1n) is 12.7. The number of hydrogen-bond donors (Lipinski definition) is 0. The number of piperidine rings is 1. The van der Waals surface area contributed by atoms with Gasteiger partial charge in [-0.25, -0.2) is 17.5 Å². The Balaban J connectivity index is 1.44. The minimum absolute atomic E-state index is 0.157. The van der Waals surface area contributed by atoms with E-state index >= 15 is 0 Å². The van der Waals surface area contributed by atoms with E-state index in [0.717, 1.165) is 28.6 Å². The first-order valence-corrected chi connectivity index (χ1v) is 14.2. The van der Waals surface area contributed by atoms with Crippen LogP contribution in [0.2, 0.25) is 0 Å². The van der Waals surface area contributed by atoms with Gasteiger partial charge in [-0.3, -0.25) is 9.48 Å². The molecule has 2 aromatic heterocycles. The van der Waals surface area contributed by atoms with Crippen LogP contribution in [-0.2, 0) is 31.5 Å². The molecule has 1 saturated heterocycles. The second-order valence-electron chi connectivity index (χ2n) is 9.45. The molecule has 2 aromatic carbocycles. The number of aryl methyl sites for hydroxylation is 1. The van der Waals surface area contributed by atoms with Gasteiger partial charge >= 0.3 is 5.97 Å². The summed E-state index contributed by atoms with van der Waals surface area (Å²) in [6.45, 7) is 4.97. The Bertz CT molecular complexity index is 1550. The van der Waals surface area contributed by atoms with Gasteiger partial charge in [0.1, 0.15) is 10.7 Å². The van der Waals surface area contributed by atoms with Crippen molar-refractivity contribution < 1.29 is 22.3 Å². The lowest BCUT2D eigenvalue weighted by Crippen LogP contribution is -2.49. The molecule has 0 aliphatic carbocycles. The fourth-order valence-corrected chi connectivity index (χ4v) is 6.48. The summed E-state index contributed by atoms with van der Waals surface area (Å²) >= 11 is 0. The summed E-state index contributed by atoms with van der Waals surface area (Å²) < 4.78 is 50.3. The van der Waals surface area contributed by atoms with Crippen LogP contribution in [0, 0.1) is 5.82 Å². The third-order valence-electron chi connectivity index (χ3n) is 7.13. The SMILES string of the molecule is CCCn1cc(S(=O)(=O)N2CCC(C(=O)OCC)(c3ccc4c(cnn4-c4ccc(F)cc4)c3)CC2)cn1. The molecule has 0 saturated carbocycles. The van der Waals surface area contributed by atoms with Gasteiger partial charge in [0.25, 0.3) is 0 Å². The zero-order valence-electron chi connectivity index (χ0n) is 21.4. The Morgan fingerprint density at radius 1 is 1.05 bits per heavy atom. The third-order valence-corrected chi connectivity index (χ3v) is 8.99. The van der Waals surface area contributed by atoms with Crippen molar-refractivity contribution in [3.63, 3.8) is 0 Å². The van der Waals surface area contributed by atoms with E-state index < -0.39 is 15.4 Å². The predicted molar refractivity (Wildman–Crippen MR) is 140 cm³/mol. The van der Waals surface area contributed by atoms with E-state index in [9.17, 15) is 17.6 Å². The molecule has 1 aliphatic heterocycles. The van der Waals surface area contributed by atoms with Gasteiger partial charge in [0.15, 0.2) is 0 Å². The van der Waals surface area contributed by atoms with Gasteiger partial charge in [-0.15, -0.1) is 0 Å². The summed E-state index contributed by atoms with van der Waals surface area (Å²) in [6.07, 6.45) is 6.05. The van der Waals surface area contributed by atoms with E-state index in [1.807, 2.05) is 25.1 Å². The highest BCUT2D eigenvalue weighted by molar-refractivity contribution is 7.89. The number of rotatable bonds is 8. The molecule has 11 heteroatoms. The smallest absolute Gasteiger partial charge is 0.316 e. The van der Waals surface area contributed by atoms with Crippen molar-refractivity contribution in [3.8, 4) is 5.69 Å². The number of nitrogens with zero attached hydrogens (tertiary/aromatic N) is 5. The molecule has 4 aromatic rings. The van der Waals surface area contributed by atoms with Gasteiger partial charge in [0, 0.05) is 31.2 Å². The molecule has 0 unspecified atom stereocenters. The van der Waals surface area contributed by atoms with Gasteiger partial charge in [-0.2, -0.15) is 14.5 Å². The number of fused-ring (bicyclic) bond motifs is 1. The molecular formula is C27H30FN5O4S. The molecule has 0 atom stereocenters. The molecule has 0 spiro atoms. The standard InChI is InChI=1S/C27H30FN5O4S/c1-3-13-31-19-24(18-29-31)38(35,36)32-14-11-27(12-15-32,26(34)37-4-2)21-5-10-25-20(16-21)17-30-33(25)23-8-6-22(28)7-9-23/h5-10,16-19H,3-4,11-15H2,1-2H3. The molecule has 9 nitrogen and oxygen atoms in total. The molecule has 1 fully saturated rings. The Morgan fingerprint density at radius 2 is 1.79 bits per heavy atom. The number of ether oxygens (including phenoxy) is 1. The highest BCUT2D eigenvalue weighted by Gasteiger charge is 2.46. The fourth-order valence-electron chi connectivity index (χ4n) is 5.09. The zero-order valence-corrected chi connectivity index (χ0v) is 22.2. The number of carbonyl (C=O) groups is 1. The number of halogens is 1. The molecule has 200 valence electrons. The van der Waals surface area contributed by atoms with E-state index in [0.29, 0.717) is 6.54 Å². The van der Waals surface area contributed by atoms with Crippen LogP contribution in [0.3, 0.4) is 0 Å². The van der Waals surface area contributed by atoms with E-state index in [1.54, 1.807) is 40.8 Å². The number of hydrogen-bond acceptors (Lipinski definition) is 6. The molecule has 38 heavy (non-hydrogen) atoms. The van der Waals surface area contributed by atoms with Gasteiger partial charge in [-0.05, 0) is 68.1 Å². The van der Waals surface area contributed by atoms with Crippen LogP contribution in [0.4, 0.5) is 4.39 Å². The van der Waals surface area contributed by atoms with Crippen molar-refractivity contribution in [2.75, 3.05) is 19.7 Å². The molecule has 0 amide bonds. The Kier molecular flexibility index (Phi) is 7.06. The molecule has 3 heterocycles. The summed E-state index contributed by atoms with van der Waals surface area (Å²) in [6, 6.07) is 11.7. The van der Waals surface area contributed by atoms with Crippen LogP contribution in [0.25, 0.3) is 16.6 Å². The number of carbonyl (C=O) groups excluding carboxylic acids is 1. The number of aromatic nitrogens is 4. The maximum atomic E-state index is 13.4. The van der Waals surface area contributed by atoms with E-state index in [2.05, 4.69) is 10.2 Å². The summed E-state index contributed by atoms with van der Waals surface area (Å²) in [5, 5.41) is 9.44. The Morgan fingerprint density at radius 3 is 2.47 bits per heavy atom. The maximum absolute atomic E-state index is 13.4. The van der Waals surface area contributed by atoms with E-state index in [1.165, 1.54) is 22.6 Å². The lowest BCUT2D eigenvalue weighted by molar-refractivity contribution is -0.152. The highest BCUT2D eigenvalue weighted by Crippen LogP contribution is 2.39. The Hall–Kier alpha value is -3.57. The van der Waals surface area contributed by atoms with Gasteiger partial charge in [0.05, 0.1) is 35.6 Å². The third kappa shape index (κ3) is 4.60. The van der Waals surface area contributed by atoms with Crippen LogP contribution < -0.4 is 0 Å². The van der Waals surface area contributed by atoms with Crippen molar-refractivity contribution in [3.05, 3.63) is 72.4 Å². The van der Waals surface area contributed by atoms with Crippen molar-refractivity contribution in [2.45, 2.75) is 50.0 Å². The molecule has 0 bridgehead atoms. The monoisotopic (exact) mass is 539 g/mol. The summed E-state index contributed by atoms with van der Waals surface area (Å²) in [5.41, 5.74) is 1.30. The largest absolute Gasteiger partial charge is 0.465 e. The second kappa shape index (κ2) is 10.3. The summed E-state index contributed by atoms with van der Waals surface area (Å²) in [7, 11) is -3.74.